The Morgan fingerprint density at radius 2 is 1.87 bits per heavy atom. The minimum Gasteiger partial charge on any atom is -0.296 e. The minimum absolute atomic E-state index is 0.103. The molecule has 1 atom stereocenters. The molecule has 4 nitrogen and oxygen atoms in total. The van der Waals surface area contributed by atoms with E-state index in [1.165, 1.54) is 11.3 Å². The number of rotatable bonds is 8. The summed E-state index contributed by atoms with van der Waals surface area (Å²) in [5.41, 5.74) is 0.937. The summed E-state index contributed by atoms with van der Waals surface area (Å²) in [5.74, 6) is 0. The molecule has 23 heavy (non-hydrogen) atoms. The van der Waals surface area contributed by atoms with Crippen LogP contribution in [0.25, 0.3) is 0 Å². The van der Waals surface area contributed by atoms with Crippen LogP contribution in [-0.2, 0) is 10.0 Å². The number of thiophene rings is 1. The van der Waals surface area contributed by atoms with Crippen molar-refractivity contribution in [2.45, 2.75) is 24.1 Å². The van der Waals surface area contributed by atoms with Crippen LogP contribution in [0, 0.1) is 0 Å². The lowest BCUT2D eigenvalue weighted by Gasteiger charge is -2.30. The summed E-state index contributed by atoms with van der Waals surface area (Å²) in [5, 5.41) is 2.41. The maximum absolute atomic E-state index is 12.4. The molecule has 0 aliphatic heterocycles. The highest BCUT2D eigenvalue weighted by Gasteiger charge is 2.23. The third kappa shape index (κ3) is 4.55. The van der Waals surface area contributed by atoms with Gasteiger partial charge in [-0.15, -0.1) is 11.3 Å². The molecule has 1 aromatic heterocycles. The van der Waals surface area contributed by atoms with Crippen LogP contribution in [0.2, 0.25) is 5.02 Å². The Labute approximate surface area is 147 Å². The molecule has 0 saturated heterocycles. The van der Waals surface area contributed by atoms with Crippen LogP contribution in [0.15, 0.2) is 46.0 Å². The standard InChI is InChI=1S/C16H21ClN2O2S2/c1-3-19(4-2)15(13-8-5-6-9-14(13)17)12-18-23(20,21)16-10-7-11-22-16/h5-11,15,18H,3-4,12H2,1-2H3/t15-/m1/s1. The molecule has 7 heteroatoms. The lowest BCUT2D eigenvalue weighted by atomic mass is 10.1. The minimum atomic E-state index is -3.48. The van der Waals surface area contributed by atoms with E-state index in [0.29, 0.717) is 9.23 Å². The lowest BCUT2D eigenvalue weighted by molar-refractivity contribution is 0.220. The normalized spacial score (nSPS) is 13.4. The third-order valence-electron chi connectivity index (χ3n) is 3.74. The fraction of sp³-hybridized carbons (Fsp3) is 0.375. The Balaban J connectivity index is 2.24. The molecule has 1 N–H and O–H groups in total. The molecule has 2 aromatic rings. The molecule has 0 spiro atoms. The topological polar surface area (TPSA) is 49.4 Å². The van der Waals surface area contributed by atoms with Crippen molar-refractivity contribution in [2.75, 3.05) is 19.6 Å². The highest BCUT2D eigenvalue weighted by Crippen LogP contribution is 2.27. The van der Waals surface area contributed by atoms with Crippen LogP contribution in [0.1, 0.15) is 25.5 Å². The van der Waals surface area contributed by atoms with Crippen LogP contribution < -0.4 is 4.72 Å². The van der Waals surface area contributed by atoms with Gasteiger partial charge < -0.3 is 0 Å². The zero-order valence-corrected chi connectivity index (χ0v) is 15.6. The van der Waals surface area contributed by atoms with E-state index in [2.05, 4.69) is 23.5 Å². The van der Waals surface area contributed by atoms with Gasteiger partial charge in [-0.2, -0.15) is 0 Å². The molecular weight excluding hydrogens is 352 g/mol. The predicted octanol–water partition coefficient (Wildman–Crippen LogP) is 3.76. The number of sulfonamides is 1. The number of halogens is 1. The van der Waals surface area contributed by atoms with Crippen LogP contribution in [0.3, 0.4) is 0 Å². The van der Waals surface area contributed by atoms with Gasteiger partial charge in [-0.1, -0.05) is 49.7 Å². The second-order valence-corrected chi connectivity index (χ2v) is 8.39. The van der Waals surface area contributed by atoms with E-state index < -0.39 is 10.0 Å². The number of hydrogen-bond acceptors (Lipinski definition) is 4. The monoisotopic (exact) mass is 372 g/mol. The van der Waals surface area contributed by atoms with Crippen LogP contribution in [-0.4, -0.2) is 33.0 Å². The molecule has 0 radical (unpaired) electrons. The summed E-state index contributed by atoms with van der Waals surface area (Å²) >= 11 is 7.53. The maximum atomic E-state index is 12.4. The average molecular weight is 373 g/mol. The fourth-order valence-electron chi connectivity index (χ4n) is 2.52. The van der Waals surface area contributed by atoms with Crippen LogP contribution in [0.4, 0.5) is 0 Å². The first kappa shape index (κ1) is 18.4. The Bertz CT molecular complexity index is 713. The Hall–Kier alpha value is -0.920. The van der Waals surface area contributed by atoms with E-state index >= 15 is 0 Å². The number of likely N-dealkylation sites (N-methyl/N-ethyl adjacent to an activating group) is 1. The zero-order valence-electron chi connectivity index (χ0n) is 13.2. The summed E-state index contributed by atoms with van der Waals surface area (Å²) in [6.45, 7) is 6.02. The van der Waals surface area contributed by atoms with Gasteiger partial charge in [0.2, 0.25) is 10.0 Å². The van der Waals surface area contributed by atoms with Gasteiger partial charge in [0.05, 0.1) is 0 Å². The molecule has 0 aliphatic carbocycles. The van der Waals surface area contributed by atoms with Crippen LogP contribution in [0.5, 0.6) is 0 Å². The van der Waals surface area contributed by atoms with E-state index in [1.807, 2.05) is 24.3 Å². The molecule has 1 heterocycles. The molecule has 0 fully saturated rings. The molecule has 0 saturated carbocycles. The van der Waals surface area contributed by atoms with Crippen molar-refractivity contribution >= 4 is 33.0 Å². The molecule has 2 rings (SSSR count). The maximum Gasteiger partial charge on any atom is 0.250 e. The van der Waals surface area contributed by atoms with E-state index in [4.69, 9.17) is 11.6 Å². The van der Waals surface area contributed by atoms with Crippen molar-refractivity contribution in [1.82, 2.24) is 9.62 Å². The van der Waals surface area contributed by atoms with Gasteiger partial charge in [-0.3, -0.25) is 4.90 Å². The summed E-state index contributed by atoms with van der Waals surface area (Å²) < 4.78 is 27.8. The largest absolute Gasteiger partial charge is 0.296 e. The van der Waals surface area contributed by atoms with E-state index in [0.717, 1.165) is 18.7 Å². The average Bonchev–Trinajstić information content (AvgIpc) is 3.08. The van der Waals surface area contributed by atoms with E-state index in [-0.39, 0.29) is 12.6 Å². The first-order chi connectivity index (χ1) is 11.0. The van der Waals surface area contributed by atoms with Gasteiger partial charge in [-0.05, 0) is 36.2 Å². The fourth-order valence-corrected chi connectivity index (χ4v) is 4.86. The van der Waals surface area contributed by atoms with Crippen molar-refractivity contribution in [3.8, 4) is 0 Å². The van der Waals surface area contributed by atoms with E-state index in [1.54, 1.807) is 17.5 Å². The molecular formula is C16H21ClN2O2S2. The molecule has 0 unspecified atom stereocenters. The predicted molar refractivity (Wildman–Crippen MR) is 96.6 cm³/mol. The molecule has 0 aliphatic rings. The molecule has 0 amide bonds. The van der Waals surface area contributed by atoms with Gasteiger partial charge >= 0.3 is 0 Å². The number of nitrogens with one attached hydrogen (secondary N) is 1. The summed E-state index contributed by atoms with van der Waals surface area (Å²) in [6.07, 6.45) is 0. The number of benzene rings is 1. The number of hydrogen-bond donors (Lipinski definition) is 1. The van der Waals surface area contributed by atoms with Gasteiger partial charge in [0.15, 0.2) is 0 Å². The zero-order chi connectivity index (χ0) is 16.9. The van der Waals surface area contributed by atoms with Gasteiger partial charge in [-0.25, -0.2) is 13.1 Å². The smallest absolute Gasteiger partial charge is 0.250 e. The lowest BCUT2D eigenvalue weighted by Crippen LogP contribution is -2.38. The highest BCUT2D eigenvalue weighted by molar-refractivity contribution is 7.91. The third-order valence-corrected chi connectivity index (χ3v) is 6.91. The molecule has 1 aromatic carbocycles. The van der Waals surface area contributed by atoms with Gasteiger partial charge in [0.1, 0.15) is 4.21 Å². The van der Waals surface area contributed by atoms with Gasteiger partial charge in [0, 0.05) is 17.6 Å². The Morgan fingerprint density at radius 3 is 2.43 bits per heavy atom. The van der Waals surface area contributed by atoms with Crippen molar-refractivity contribution < 1.29 is 8.42 Å². The molecule has 126 valence electrons. The SMILES string of the molecule is CCN(CC)[C@H](CNS(=O)(=O)c1cccs1)c1ccccc1Cl. The Kier molecular flexibility index (Phi) is 6.61. The quantitative estimate of drug-likeness (QED) is 0.767. The van der Waals surface area contributed by atoms with Gasteiger partial charge in [0.25, 0.3) is 0 Å². The molecule has 0 bridgehead atoms. The first-order valence-corrected chi connectivity index (χ1v) is 10.2. The second kappa shape index (κ2) is 8.26. The van der Waals surface area contributed by atoms with Crippen molar-refractivity contribution in [2.24, 2.45) is 0 Å². The number of nitrogens with zero attached hydrogens (tertiary/aromatic N) is 1. The van der Waals surface area contributed by atoms with Crippen molar-refractivity contribution in [3.63, 3.8) is 0 Å². The summed E-state index contributed by atoms with van der Waals surface area (Å²) in [4.78, 5) is 2.19. The van der Waals surface area contributed by atoms with E-state index in [9.17, 15) is 8.42 Å². The summed E-state index contributed by atoms with van der Waals surface area (Å²) in [6, 6.07) is 10.8. The van der Waals surface area contributed by atoms with Crippen molar-refractivity contribution in [1.29, 1.82) is 0 Å². The highest BCUT2D eigenvalue weighted by atomic mass is 35.5. The van der Waals surface area contributed by atoms with Crippen molar-refractivity contribution in [3.05, 3.63) is 52.4 Å². The first-order valence-electron chi connectivity index (χ1n) is 7.51. The van der Waals surface area contributed by atoms with Crippen LogP contribution >= 0.6 is 22.9 Å². The Morgan fingerprint density at radius 1 is 1.17 bits per heavy atom. The summed E-state index contributed by atoms with van der Waals surface area (Å²) in [7, 11) is -3.48. The second-order valence-electron chi connectivity index (χ2n) is 5.04.